The van der Waals surface area contributed by atoms with E-state index in [9.17, 15) is 9.59 Å². The van der Waals surface area contributed by atoms with Gasteiger partial charge in [0, 0.05) is 44.7 Å². The molecule has 0 saturated carbocycles. The summed E-state index contributed by atoms with van der Waals surface area (Å²) >= 11 is 0. The topological polar surface area (TPSA) is 52.7 Å². The molecule has 1 atom stereocenters. The summed E-state index contributed by atoms with van der Waals surface area (Å²) < 4.78 is 0. The molecule has 0 aromatic carbocycles. The van der Waals surface area contributed by atoms with Crippen molar-refractivity contribution in [2.24, 2.45) is 11.3 Å². The maximum absolute atomic E-state index is 12.5. The highest BCUT2D eigenvalue weighted by molar-refractivity contribution is 5.84. The van der Waals surface area contributed by atoms with Gasteiger partial charge in [0.2, 0.25) is 11.8 Å². The van der Waals surface area contributed by atoms with Gasteiger partial charge in [0.25, 0.3) is 0 Å². The molecule has 0 aromatic heterocycles. The molecule has 2 amide bonds. The number of nitrogens with one attached hydrogen (secondary N) is 1. The number of nitrogens with zero attached hydrogens (tertiary/aromatic N) is 2. The molecule has 2 aliphatic rings. The van der Waals surface area contributed by atoms with E-state index in [2.05, 4.69) is 5.32 Å². The Morgan fingerprint density at radius 3 is 2.30 bits per heavy atom. The molecule has 5 nitrogen and oxygen atoms in total. The fourth-order valence-corrected chi connectivity index (χ4v) is 2.98. The van der Waals surface area contributed by atoms with Crippen LogP contribution in [-0.2, 0) is 9.59 Å². The molecular weight excluding hydrogens is 254 g/mol. The van der Waals surface area contributed by atoms with Gasteiger partial charge in [-0.1, -0.05) is 20.8 Å². The van der Waals surface area contributed by atoms with Gasteiger partial charge < -0.3 is 15.1 Å². The maximum atomic E-state index is 12.5. The monoisotopic (exact) mass is 281 g/mol. The van der Waals surface area contributed by atoms with E-state index < -0.39 is 0 Å². The average molecular weight is 281 g/mol. The van der Waals surface area contributed by atoms with Gasteiger partial charge in [0.15, 0.2) is 0 Å². The Kier molecular flexibility index (Phi) is 4.68. The Morgan fingerprint density at radius 2 is 1.70 bits per heavy atom. The summed E-state index contributed by atoms with van der Waals surface area (Å²) in [5.41, 5.74) is -0.361. The van der Waals surface area contributed by atoms with Crippen LogP contribution in [0.25, 0.3) is 0 Å². The zero-order chi connectivity index (χ0) is 14.8. The molecule has 114 valence electrons. The lowest BCUT2D eigenvalue weighted by Crippen LogP contribution is -2.53. The van der Waals surface area contributed by atoms with Crippen LogP contribution in [0.5, 0.6) is 0 Å². The maximum Gasteiger partial charge on any atom is 0.227 e. The summed E-state index contributed by atoms with van der Waals surface area (Å²) in [6, 6.07) is 0. The molecule has 5 heteroatoms. The van der Waals surface area contributed by atoms with Crippen molar-refractivity contribution in [3.05, 3.63) is 0 Å². The van der Waals surface area contributed by atoms with Gasteiger partial charge in [-0.3, -0.25) is 9.59 Å². The predicted molar refractivity (Wildman–Crippen MR) is 78.2 cm³/mol. The lowest BCUT2D eigenvalue weighted by molar-refractivity contribution is -0.145. The quantitative estimate of drug-likeness (QED) is 0.770. The molecule has 0 spiro atoms. The van der Waals surface area contributed by atoms with Crippen LogP contribution in [0.4, 0.5) is 0 Å². The first kappa shape index (κ1) is 15.3. The second kappa shape index (κ2) is 6.12. The van der Waals surface area contributed by atoms with Crippen molar-refractivity contribution in [2.45, 2.75) is 33.6 Å². The minimum atomic E-state index is -0.361. The average Bonchev–Trinajstić information content (AvgIpc) is 2.46. The predicted octanol–water partition coefficient (Wildman–Crippen LogP) is 0.703. The Bertz CT molecular complexity index is 370. The zero-order valence-electron chi connectivity index (χ0n) is 12.9. The normalized spacial score (nSPS) is 24.6. The molecule has 1 unspecified atom stereocenters. The molecule has 20 heavy (non-hydrogen) atoms. The first-order valence-electron chi connectivity index (χ1n) is 7.68. The Hall–Kier alpha value is -1.10. The van der Waals surface area contributed by atoms with Crippen LogP contribution in [0, 0.1) is 11.3 Å². The third-order valence-electron chi connectivity index (χ3n) is 4.13. The fourth-order valence-electron chi connectivity index (χ4n) is 2.98. The second-order valence-electron chi connectivity index (χ2n) is 6.92. The molecule has 2 fully saturated rings. The summed E-state index contributed by atoms with van der Waals surface area (Å²) in [6.07, 6.45) is 1.85. The number of likely N-dealkylation sites (tertiary alicyclic amines) is 1. The minimum absolute atomic E-state index is 0.00634. The lowest BCUT2D eigenvalue weighted by atomic mass is 9.90. The summed E-state index contributed by atoms with van der Waals surface area (Å²) in [7, 11) is 0. The van der Waals surface area contributed by atoms with Crippen molar-refractivity contribution in [3.63, 3.8) is 0 Å². The van der Waals surface area contributed by atoms with E-state index in [-0.39, 0.29) is 23.1 Å². The van der Waals surface area contributed by atoms with Crippen LogP contribution in [-0.4, -0.2) is 60.9 Å². The van der Waals surface area contributed by atoms with Crippen molar-refractivity contribution in [1.82, 2.24) is 15.1 Å². The number of piperazine rings is 1. The second-order valence-corrected chi connectivity index (χ2v) is 6.92. The highest BCUT2D eigenvalue weighted by Crippen LogP contribution is 2.24. The van der Waals surface area contributed by atoms with E-state index in [1.54, 1.807) is 0 Å². The molecule has 0 radical (unpaired) electrons. The van der Waals surface area contributed by atoms with Gasteiger partial charge in [0.1, 0.15) is 0 Å². The van der Waals surface area contributed by atoms with Gasteiger partial charge in [-0.05, 0) is 12.8 Å². The Labute approximate surface area is 121 Å². The summed E-state index contributed by atoms with van der Waals surface area (Å²) in [4.78, 5) is 28.7. The number of amides is 2. The molecule has 1 N–H and O–H groups in total. The van der Waals surface area contributed by atoms with Crippen molar-refractivity contribution in [3.8, 4) is 0 Å². The van der Waals surface area contributed by atoms with Crippen molar-refractivity contribution in [2.75, 3.05) is 39.3 Å². The number of carbonyl (C=O) groups excluding carboxylic acids is 2. The Morgan fingerprint density at radius 1 is 1.05 bits per heavy atom. The fraction of sp³-hybridized carbons (Fsp3) is 0.867. The number of piperidine rings is 1. The van der Waals surface area contributed by atoms with Gasteiger partial charge in [0.05, 0.1) is 5.92 Å². The molecule has 2 heterocycles. The molecule has 2 saturated heterocycles. The first-order chi connectivity index (χ1) is 9.39. The number of rotatable bonds is 1. The summed E-state index contributed by atoms with van der Waals surface area (Å²) in [6.45, 7) is 10.6. The van der Waals surface area contributed by atoms with Crippen LogP contribution >= 0.6 is 0 Å². The molecule has 0 aromatic rings. The number of carbonyl (C=O) groups is 2. The van der Waals surface area contributed by atoms with Gasteiger partial charge >= 0.3 is 0 Å². The SMILES string of the molecule is CC(C)(C)C(=O)N1CCCC(C(=O)N2CCNCC2)C1. The Balaban J connectivity index is 1.96. The van der Waals surface area contributed by atoms with Crippen molar-refractivity contribution < 1.29 is 9.59 Å². The third kappa shape index (κ3) is 3.51. The molecule has 2 aliphatic heterocycles. The standard InChI is InChI=1S/C15H27N3O2/c1-15(2,3)14(20)18-8-4-5-12(11-18)13(19)17-9-6-16-7-10-17/h12,16H,4-11H2,1-3H3. The van der Waals surface area contributed by atoms with Gasteiger partial charge in [-0.2, -0.15) is 0 Å². The highest BCUT2D eigenvalue weighted by atomic mass is 16.2. The first-order valence-corrected chi connectivity index (χ1v) is 7.68. The molecule has 0 bridgehead atoms. The number of hydrogen-bond donors (Lipinski definition) is 1. The largest absolute Gasteiger partial charge is 0.341 e. The van der Waals surface area contributed by atoms with Crippen LogP contribution in [0.3, 0.4) is 0 Å². The van der Waals surface area contributed by atoms with Crippen LogP contribution < -0.4 is 5.32 Å². The van der Waals surface area contributed by atoms with Crippen LogP contribution in [0.1, 0.15) is 33.6 Å². The van der Waals surface area contributed by atoms with Crippen LogP contribution in [0.15, 0.2) is 0 Å². The smallest absolute Gasteiger partial charge is 0.227 e. The highest BCUT2D eigenvalue weighted by Gasteiger charge is 2.35. The van der Waals surface area contributed by atoms with E-state index >= 15 is 0 Å². The summed E-state index contributed by atoms with van der Waals surface area (Å²) in [5.74, 6) is 0.390. The molecule has 0 aliphatic carbocycles. The number of hydrogen-bond acceptors (Lipinski definition) is 3. The molecular formula is C15H27N3O2. The van der Waals surface area contributed by atoms with E-state index in [1.807, 2.05) is 30.6 Å². The van der Waals surface area contributed by atoms with E-state index in [0.29, 0.717) is 6.54 Å². The van der Waals surface area contributed by atoms with Crippen LogP contribution in [0.2, 0.25) is 0 Å². The zero-order valence-corrected chi connectivity index (χ0v) is 12.9. The minimum Gasteiger partial charge on any atom is -0.341 e. The van der Waals surface area contributed by atoms with Gasteiger partial charge in [-0.25, -0.2) is 0 Å². The summed E-state index contributed by atoms with van der Waals surface area (Å²) in [5, 5.41) is 3.26. The third-order valence-corrected chi connectivity index (χ3v) is 4.13. The lowest BCUT2D eigenvalue weighted by Gasteiger charge is -2.38. The van der Waals surface area contributed by atoms with Crippen molar-refractivity contribution >= 4 is 11.8 Å². The molecule has 2 rings (SSSR count). The van der Waals surface area contributed by atoms with E-state index in [0.717, 1.165) is 45.6 Å². The van der Waals surface area contributed by atoms with Crippen molar-refractivity contribution in [1.29, 1.82) is 0 Å². The van der Waals surface area contributed by atoms with E-state index in [1.165, 1.54) is 0 Å². The van der Waals surface area contributed by atoms with Gasteiger partial charge in [-0.15, -0.1) is 0 Å². The van der Waals surface area contributed by atoms with E-state index in [4.69, 9.17) is 0 Å².